The number of nitrogens with zero attached hydrogens (tertiary/aromatic N) is 4. The Morgan fingerprint density at radius 3 is 2.26 bits per heavy atom. The zero-order chi connectivity index (χ0) is 23.7. The molecule has 2 heterocycles. The number of hydrogen-bond donors (Lipinski definition) is 0. The van der Waals surface area contributed by atoms with Gasteiger partial charge in [0.25, 0.3) is 5.91 Å². The van der Waals surface area contributed by atoms with Crippen LogP contribution in [0.15, 0.2) is 88.4 Å². The van der Waals surface area contributed by atoms with E-state index in [2.05, 4.69) is 26.1 Å². The van der Waals surface area contributed by atoms with E-state index in [1.165, 1.54) is 4.31 Å². The number of sulfonamides is 1. The first-order chi connectivity index (χ1) is 16.4. The summed E-state index contributed by atoms with van der Waals surface area (Å²) in [6, 6.07) is 21.8. The quantitative estimate of drug-likeness (QED) is 0.390. The van der Waals surface area contributed by atoms with Gasteiger partial charge < -0.3 is 4.90 Å². The first kappa shape index (κ1) is 22.6. The van der Waals surface area contributed by atoms with Crippen LogP contribution in [0.3, 0.4) is 0 Å². The van der Waals surface area contributed by atoms with E-state index in [0.717, 1.165) is 26.5 Å². The van der Waals surface area contributed by atoms with E-state index in [0.29, 0.717) is 18.7 Å². The number of fused-ring (bicyclic) bond motifs is 1. The number of benzene rings is 3. The van der Waals surface area contributed by atoms with Crippen LogP contribution >= 0.6 is 15.9 Å². The van der Waals surface area contributed by atoms with Crippen molar-refractivity contribution >= 4 is 42.6 Å². The molecule has 4 aromatic rings. The summed E-state index contributed by atoms with van der Waals surface area (Å²) in [5.74, 6) is -0.112. The Morgan fingerprint density at radius 1 is 0.853 bits per heavy atom. The second-order valence-electron chi connectivity index (χ2n) is 8.04. The molecule has 0 spiro atoms. The Kier molecular flexibility index (Phi) is 6.16. The van der Waals surface area contributed by atoms with Crippen LogP contribution in [0.2, 0.25) is 0 Å². The maximum atomic E-state index is 13.2. The lowest BCUT2D eigenvalue weighted by molar-refractivity contribution is 0.0698. The van der Waals surface area contributed by atoms with Gasteiger partial charge in [-0.1, -0.05) is 40.2 Å². The molecule has 0 atom stereocenters. The number of piperazine rings is 1. The third-order valence-electron chi connectivity index (χ3n) is 5.94. The summed E-state index contributed by atoms with van der Waals surface area (Å²) in [4.78, 5) is 14.9. The van der Waals surface area contributed by atoms with Gasteiger partial charge in [-0.2, -0.15) is 14.5 Å². The average Bonchev–Trinajstić information content (AvgIpc) is 2.88. The molecule has 1 amide bonds. The summed E-state index contributed by atoms with van der Waals surface area (Å²) in [6.45, 7) is 1.18. The lowest BCUT2D eigenvalue weighted by Gasteiger charge is -2.34. The summed E-state index contributed by atoms with van der Waals surface area (Å²) in [6.07, 6.45) is 1.61. The minimum Gasteiger partial charge on any atom is -0.336 e. The predicted molar refractivity (Wildman–Crippen MR) is 134 cm³/mol. The number of carbonyl (C=O) groups is 1. The fourth-order valence-corrected chi connectivity index (χ4v) is 5.89. The summed E-state index contributed by atoms with van der Waals surface area (Å²) in [5.41, 5.74) is 2.18. The van der Waals surface area contributed by atoms with Crippen LogP contribution < -0.4 is 0 Å². The van der Waals surface area contributed by atoms with Gasteiger partial charge >= 0.3 is 0 Å². The van der Waals surface area contributed by atoms with E-state index in [1.807, 2.05) is 48.5 Å². The summed E-state index contributed by atoms with van der Waals surface area (Å²) in [7, 11) is -3.64. The molecule has 0 saturated carbocycles. The van der Waals surface area contributed by atoms with Gasteiger partial charge in [0.15, 0.2) is 0 Å². The van der Waals surface area contributed by atoms with E-state index in [1.54, 1.807) is 35.4 Å². The van der Waals surface area contributed by atoms with Crippen molar-refractivity contribution in [1.82, 2.24) is 19.4 Å². The molecule has 1 fully saturated rings. The Bertz CT molecular complexity index is 1450. The molecule has 9 heteroatoms. The first-order valence-electron chi connectivity index (χ1n) is 10.8. The van der Waals surface area contributed by atoms with Crippen molar-refractivity contribution < 1.29 is 13.2 Å². The fourth-order valence-electron chi connectivity index (χ4n) is 4.06. The van der Waals surface area contributed by atoms with Crippen LogP contribution in [-0.2, 0) is 10.0 Å². The van der Waals surface area contributed by atoms with Crippen molar-refractivity contribution in [3.63, 3.8) is 0 Å². The molecular formula is C25H21BrN4O3S. The number of carbonyl (C=O) groups excluding carboxylic acids is 1. The Balaban J connectivity index is 1.27. The van der Waals surface area contributed by atoms with Gasteiger partial charge in [-0.25, -0.2) is 8.42 Å². The standard InChI is InChI=1S/C25H21BrN4O3S/c26-22-9-7-21-17-23(10-8-20(21)16-22)34(32,33)30-14-12-29(13-15-30)25(31)19-5-3-18(4-6-19)24-2-1-11-27-28-24/h1-11,16-17H,12-15H2. The van der Waals surface area contributed by atoms with Crippen molar-refractivity contribution in [3.05, 3.63) is 89.0 Å². The Hall–Kier alpha value is -3.14. The van der Waals surface area contributed by atoms with Crippen LogP contribution in [-0.4, -0.2) is 59.9 Å². The molecule has 1 saturated heterocycles. The van der Waals surface area contributed by atoms with Crippen LogP contribution in [0, 0.1) is 0 Å². The molecule has 7 nitrogen and oxygen atoms in total. The topological polar surface area (TPSA) is 83.5 Å². The van der Waals surface area contributed by atoms with Gasteiger partial charge in [-0.05, 0) is 59.3 Å². The van der Waals surface area contributed by atoms with E-state index in [9.17, 15) is 13.2 Å². The summed E-state index contributed by atoms with van der Waals surface area (Å²) >= 11 is 3.44. The molecule has 34 heavy (non-hydrogen) atoms. The maximum absolute atomic E-state index is 13.2. The van der Waals surface area contributed by atoms with Gasteiger partial charge in [0.2, 0.25) is 10.0 Å². The number of halogens is 1. The first-order valence-corrected chi connectivity index (χ1v) is 13.0. The zero-order valence-electron chi connectivity index (χ0n) is 18.1. The monoisotopic (exact) mass is 536 g/mol. The SMILES string of the molecule is O=C(c1ccc(-c2cccnn2)cc1)N1CCN(S(=O)(=O)c2ccc3cc(Br)ccc3c2)CC1. The summed E-state index contributed by atoms with van der Waals surface area (Å²) in [5, 5.41) is 9.79. The van der Waals surface area contributed by atoms with Gasteiger partial charge in [-0.15, -0.1) is 0 Å². The smallest absolute Gasteiger partial charge is 0.253 e. The molecule has 0 bridgehead atoms. The molecule has 172 valence electrons. The number of hydrogen-bond acceptors (Lipinski definition) is 5. The highest BCUT2D eigenvalue weighted by Crippen LogP contribution is 2.25. The normalized spacial score (nSPS) is 14.9. The van der Waals surface area contributed by atoms with E-state index in [4.69, 9.17) is 0 Å². The molecule has 1 aliphatic rings. The third kappa shape index (κ3) is 4.46. The van der Waals surface area contributed by atoms with Gasteiger partial charge in [0, 0.05) is 48.0 Å². The van der Waals surface area contributed by atoms with Crippen molar-refractivity contribution in [1.29, 1.82) is 0 Å². The highest BCUT2D eigenvalue weighted by Gasteiger charge is 2.30. The zero-order valence-corrected chi connectivity index (χ0v) is 20.5. The Morgan fingerprint density at radius 2 is 1.56 bits per heavy atom. The van der Waals surface area contributed by atoms with Crippen molar-refractivity contribution in [2.75, 3.05) is 26.2 Å². The van der Waals surface area contributed by atoms with Crippen molar-refractivity contribution in [2.45, 2.75) is 4.90 Å². The molecule has 0 N–H and O–H groups in total. The van der Waals surface area contributed by atoms with Gasteiger partial charge in [-0.3, -0.25) is 4.79 Å². The largest absolute Gasteiger partial charge is 0.336 e. The van der Waals surface area contributed by atoms with E-state index in [-0.39, 0.29) is 23.9 Å². The van der Waals surface area contributed by atoms with Gasteiger partial charge in [0.1, 0.15) is 0 Å². The van der Waals surface area contributed by atoms with Gasteiger partial charge in [0.05, 0.1) is 10.6 Å². The average molecular weight is 537 g/mol. The second kappa shape index (κ2) is 9.25. The second-order valence-corrected chi connectivity index (χ2v) is 10.9. The highest BCUT2D eigenvalue weighted by atomic mass is 79.9. The minimum absolute atomic E-state index is 0.112. The minimum atomic E-state index is -3.64. The molecular weight excluding hydrogens is 516 g/mol. The van der Waals surface area contributed by atoms with Crippen molar-refractivity contribution in [2.24, 2.45) is 0 Å². The molecule has 0 unspecified atom stereocenters. The van der Waals surface area contributed by atoms with Crippen LogP contribution in [0.5, 0.6) is 0 Å². The molecule has 5 rings (SSSR count). The maximum Gasteiger partial charge on any atom is 0.253 e. The number of aromatic nitrogens is 2. The van der Waals surface area contributed by atoms with Crippen LogP contribution in [0.4, 0.5) is 0 Å². The third-order valence-corrected chi connectivity index (χ3v) is 8.33. The number of amides is 1. The fraction of sp³-hybridized carbons (Fsp3) is 0.160. The summed E-state index contributed by atoms with van der Waals surface area (Å²) < 4.78 is 28.8. The molecule has 1 aliphatic heterocycles. The van der Waals surface area contributed by atoms with Crippen LogP contribution in [0.25, 0.3) is 22.0 Å². The molecule has 3 aromatic carbocycles. The lowest BCUT2D eigenvalue weighted by atomic mass is 10.1. The molecule has 1 aromatic heterocycles. The van der Waals surface area contributed by atoms with E-state index < -0.39 is 10.0 Å². The molecule has 0 aliphatic carbocycles. The Labute approximate surface area is 206 Å². The lowest BCUT2D eigenvalue weighted by Crippen LogP contribution is -2.50. The van der Waals surface area contributed by atoms with Crippen molar-refractivity contribution in [3.8, 4) is 11.3 Å². The predicted octanol–water partition coefficient (Wildman–Crippen LogP) is 4.21. The van der Waals surface area contributed by atoms with Crippen LogP contribution in [0.1, 0.15) is 10.4 Å². The highest BCUT2D eigenvalue weighted by molar-refractivity contribution is 9.10. The van der Waals surface area contributed by atoms with E-state index >= 15 is 0 Å². The number of rotatable bonds is 4. The molecule has 0 radical (unpaired) electrons.